The lowest BCUT2D eigenvalue weighted by atomic mass is 10.0. The lowest BCUT2D eigenvalue weighted by Gasteiger charge is -2.19. The van der Waals surface area contributed by atoms with Gasteiger partial charge >= 0.3 is 5.97 Å². The molecule has 0 aliphatic rings. The van der Waals surface area contributed by atoms with Crippen molar-refractivity contribution in [2.24, 2.45) is 0 Å². The summed E-state index contributed by atoms with van der Waals surface area (Å²) in [6, 6.07) is 16.3. The van der Waals surface area contributed by atoms with Gasteiger partial charge in [-0.05, 0) is 62.6 Å². The summed E-state index contributed by atoms with van der Waals surface area (Å²) in [5.74, 6) is 0.167. The van der Waals surface area contributed by atoms with E-state index in [0.717, 1.165) is 5.56 Å². The highest BCUT2D eigenvalue weighted by molar-refractivity contribution is 5.97. The first-order chi connectivity index (χ1) is 13.8. The number of Topliss-reactive ketones (excluding diaryl/α,β-unsaturated/α-hetero) is 1. The smallest absolute Gasteiger partial charge is 0.306 e. The van der Waals surface area contributed by atoms with Crippen molar-refractivity contribution in [1.29, 1.82) is 0 Å². The van der Waals surface area contributed by atoms with Gasteiger partial charge in [-0.2, -0.15) is 0 Å². The Hall–Kier alpha value is -2.95. The first-order valence-corrected chi connectivity index (χ1v) is 9.57. The first-order valence-electron chi connectivity index (χ1n) is 9.57. The quantitative estimate of drug-likeness (QED) is 0.415. The van der Waals surface area contributed by atoms with E-state index < -0.39 is 5.60 Å². The summed E-state index contributed by atoms with van der Waals surface area (Å²) in [7, 11) is 0. The van der Waals surface area contributed by atoms with Crippen molar-refractivity contribution < 1.29 is 23.5 Å². The zero-order valence-electron chi connectivity index (χ0n) is 17.1. The third-order valence-electron chi connectivity index (χ3n) is 4.03. The van der Waals surface area contributed by atoms with Gasteiger partial charge in [0.1, 0.15) is 18.0 Å². The van der Waals surface area contributed by atoms with Crippen LogP contribution in [0, 0.1) is 0 Å². The van der Waals surface area contributed by atoms with E-state index in [0.29, 0.717) is 29.6 Å². The average Bonchev–Trinajstić information content (AvgIpc) is 2.68. The maximum atomic E-state index is 13.1. The third kappa shape index (κ3) is 8.30. The van der Waals surface area contributed by atoms with Gasteiger partial charge in [0, 0.05) is 18.4 Å². The van der Waals surface area contributed by atoms with E-state index in [1.165, 1.54) is 0 Å². The maximum absolute atomic E-state index is 13.1. The molecule has 2 aromatic carbocycles. The Labute approximate surface area is 171 Å². The predicted octanol–water partition coefficient (Wildman–Crippen LogP) is 5.47. The highest BCUT2D eigenvalue weighted by atomic mass is 19.1. The van der Waals surface area contributed by atoms with Gasteiger partial charge in [0.15, 0.2) is 5.78 Å². The van der Waals surface area contributed by atoms with Crippen LogP contribution in [0.3, 0.4) is 0 Å². The molecule has 5 heteroatoms. The van der Waals surface area contributed by atoms with Crippen molar-refractivity contribution >= 4 is 11.8 Å². The van der Waals surface area contributed by atoms with E-state index in [9.17, 15) is 14.0 Å². The Morgan fingerprint density at radius 3 is 2.21 bits per heavy atom. The molecule has 29 heavy (non-hydrogen) atoms. The molecule has 0 spiro atoms. The lowest BCUT2D eigenvalue weighted by Crippen LogP contribution is -2.23. The largest absolute Gasteiger partial charge is 0.489 e. The van der Waals surface area contributed by atoms with Crippen LogP contribution in [-0.4, -0.2) is 24.0 Å². The number of halogens is 1. The van der Waals surface area contributed by atoms with Gasteiger partial charge in [0.25, 0.3) is 0 Å². The number of hydrogen-bond acceptors (Lipinski definition) is 4. The van der Waals surface area contributed by atoms with Crippen LogP contribution >= 0.6 is 0 Å². The number of benzene rings is 2. The molecule has 0 unspecified atom stereocenters. The van der Waals surface area contributed by atoms with E-state index in [1.807, 2.05) is 30.3 Å². The van der Waals surface area contributed by atoms with E-state index in [1.54, 1.807) is 45.0 Å². The van der Waals surface area contributed by atoms with Crippen LogP contribution in [0.15, 0.2) is 66.5 Å². The molecule has 2 aromatic rings. The minimum Gasteiger partial charge on any atom is -0.489 e. The molecule has 0 atom stereocenters. The zero-order valence-corrected chi connectivity index (χ0v) is 17.1. The predicted molar refractivity (Wildman–Crippen MR) is 111 cm³/mol. The van der Waals surface area contributed by atoms with Crippen LogP contribution in [0.1, 0.15) is 49.5 Å². The van der Waals surface area contributed by atoms with Crippen LogP contribution < -0.4 is 4.74 Å². The van der Waals surface area contributed by atoms with Crippen LogP contribution in [0.5, 0.6) is 5.75 Å². The van der Waals surface area contributed by atoms with Crippen LogP contribution in [0.2, 0.25) is 0 Å². The summed E-state index contributed by atoms with van der Waals surface area (Å²) in [5, 5.41) is 0. The van der Waals surface area contributed by atoms with Crippen molar-refractivity contribution in [2.45, 2.75) is 45.6 Å². The standard InChI is InChI=1S/C24H27FO4/c1-24(2,3)29-23(27)14-9-19(16-25)17-28-21-12-10-20(11-13-21)22(26)15-18-7-5-4-6-8-18/h4-8,10-13,16H,9,14-15,17H2,1-3H3. The number of rotatable bonds is 9. The molecule has 0 aromatic heterocycles. The van der Waals surface area contributed by atoms with E-state index in [2.05, 4.69) is 0 Å². The number of hydrogen-bond donors (Lipinski definition) is 0. The van der Waals surface area contributed by atoms with Crippen molar-refractivity contribution in [3.63, 3.8) is 0 Å². The van der Waals surface area contributed by atoms with Crippen molar-refractivity contribution in [3.8, 4) is 5.75 Å². The second kappa shape index (κ2) is 10.6. The number of carbonyl (C=O) groups is 2. The number of ether oxygens (including phenoxy) is 2. The molecule has 0 saturated heterocycles. The molecule has 0 aliphatic carbocycles. The summed E-state index contributed by atoms with van der Waals surface area (Å²) < 4.78 is 23.9. The number of ketones is 1. The fourth-order valence-corrected chi connectivity index (χ4v) is 2.61. The number of esters is 1. The number of carbonyl (C=O) groups excluding carboxylic acids is 2. The van der Waals surface area contributed by atoms with Crippen LogP contribution in [-0.2, 0) is 16.0 Å². The van der Waals surface area contributed by atoms with Gasteiger partial charge in [-0.25, -0.2) is 4.39 Å². The van der Waals surface area contributed by atoms with E-state index >= 15 is 0 Å². The molecule has 0 fully saturated rings. The maximum Gasteiger partial charge on any atom is 0.306 e. The fraction of sp³-hybridized carbons (Fsp3) is 0.333. The van der Waals surface area contributed by atoms with Crippen molar-refractivity contribution in [1.82, 2.24) is 0 Å². The first kappa shape index (κ1) is 22.3. The SMILES string of the molecule is CC(C)(C)OC(=O)CCC(=CF)COc1ccc(C(=O)Cc2ccccc2)cc1. The minimum absolute atomic E-state index is 0.0180. The average molecular weight is 398 g/mol. The Morgan fingerprint density at radius 1 is 0.966 bits per heavy atom. The Morgan fingerprint density at radius 2 is 1.62 bits per heavy atom. The topological polar surface area (TPSA) is 52.6 Å². The molecule has 0 radical (unpaired) electrons. The Balaban J connectivity index is 1.82. The summed E-state index contributed by atoms with van der Waals surface area (Å²) in [5.41, 5.74) is 1.35. The van der Waals surface area contributed by atoms with Gasteiger partial charge in [0.2, 0.25) is 0 Å². The van der Waals surface area contributed by atoms with Gasteiger partial charge < -0.3 is 9.47 Å². The third-order valence-corrected chi connectivity index (χ3v) is 4.03. The second-order valence-corrected chi connectivity index (χ2v) is 7.75. The highest BCUT2D eigenvalue weighted by Gasteiger charge is 2.16. The molecular weight excluding hydrogens is 371 g/mol. The van der Waals surface area contributed by atoms with Crippen LogP contribution in [0.4, 0.5) is 4.39 Å². The molecule has 154 valence electrons. The molecule has 0 N–H and O–H groups in total. The van der Waals surface area contributed by atoms with E-state index in [-0.39, 0.29) is 31.2 Å². The Kier molecular flexibility index (Phi) is 8.13. The van der Waals surface area contributed by atoms with Gasteiger partial charge in [0.05, 0.1) is 6.33 Å². The normalized spacial score (nSPS) is 11.8. The fourth-order valence-electron chi connectivity index (χ4n) is 2.61. The van der Waals surface area contributed by atoms with Gasteiger partial charge in [-0.15, -0.1) is 0 Å². The molecule has 4 nitrogen and oxygen atoms in total. The summed E-state index contributed by atoms with van der Waals surface area (Å²) in [4.78, 5) is 24.1. The molecule has 0 amide bonds. The monoisotopic (exact) mass is 398 g/mol. The van der Waals surface area contributed by atoms with Crippen molar-refractivity contribution in [2.75, 3.05) is 6.61 Å². The minimum atomic E-state index is -0.563. The van der Waals surface area contributed by atoms with E-state index in [4.69, 9.17) is 9.47 Å². The van der Waals surface area contributed by atoms with Gasteiger partial charge in [-0.1, -0.05) is 30.3 Å². The summed E-state index contributed by atoms with van der Waals surface area (Å²) in [6.07, 6.45) is 1.10. The lowest BCUT2D eigenvalue weighted by molar-refractivity contribution is -0.154. The second-order valence-electron chi connectivity index (χ2n) is 7.75. The highest BCUT2D eigenvalue weighted by Crippen LogP contribution is 2.17. The molecule has 0 bridgehead atoms. The molecule has 0 saturated carbocycles. The van der Waals surface area contributed by atoms with Crippen LogP contribution in [0.25, 0.3) is 0 Å². The van der Waals surface area contributed by atoms with Crippen molar-refractivity contribution in [3.05, 3.63) is 77.6 Å². The zero-order chi connectivity index (χ0) is 21.3. The molecule has 2 rings (SSSR count). The molecule has 0 aliphatic heterocycles. The summed E-state index contributed by atoms with van der Waals surface area (Å²) in [6.45, 7) is 5.38. The van der Waals surface area contributed by atoms with Gasteiger partial charge in [-0.3, -0.25) is 9.59 Å². The molecule has 0 heterocycles. The summed E-state index contributed by atoms with van der Waals surface area (Å²) >= 11 is 0. The Bertz CT molecular complexity index is 833. The molecular formula is C24H27FO4.